The van der Waals surface area contributed by atoms with Crippen molar-refractivity contribution >= 4 is 5.69 Å². The maximum atomic E-state index is 2.59. The second-order valence-corrected chi connectivity index (χ2v) is 6.05. The fourth-order valence-electron chi connectivity index (χ4n) is 3.29. The van der Waals surface area contributed by atoms with Gasteiger partial charge in [-0.3, -0.25) is 0 Å². The average Bonchev–Trinajstić information content (AvgIpc) is 2.39. The van der Waals surface area contributed by atoms with E-state index in [1.54, 1.807) is 11.1 Å². The van der Waals surface area contributed by atoms with E-state index in [9.17, 15) is 0 Å². The summed E-state index contributed by atoms with van der Waals surface area (Å²) in [5.41, 5.74) is 4.76. The topological polar surface area (TPSA) is 6.48 Å². The van der Waals surface area contributed by atoms with Gasteiger partial charge >= 0.3 is 0 Å². The third kappa shape index (κ3) is 2.26. The summed E-state index contributed by atoms with van der Waals surface area (Å²) in [6.07, 6.45) is 3.91. The number of likely N-dealkylation sites (N-methyl/N-ethyl adjacent to an activating group) is 1. The zero-order valence-electron chi connectivity index (χ0n) is 11.7. The molecule has 1 saturated heterocycles. The number of hydrogen-bond donors (Lipinski definition) is 0. The SMILES string of the molecule is CC1CCc2cccc(N3CCN(C)CC3)c2C1. The van der Waals surface area contributed by atoms with Crippen LogP contribution in [0, 0.1) is 5.92 Å². The van der Waals surface area contributed by atoms with Crippen molar-refractivity contribution in [2.45, 2.75) is 26.2 Å². The number of piperazine rings is 1. The van der Waals surface area contributed by atoms with Crippen LogP contribution in [-0.2, 0) is 12.8 Å². The Morgan fingerprint density at radius 1 is 1.11 bits per heavy atom. The van der Waals surface area contributed by atoms with Crippen LogP contribution < -0.4 is 4.90 Å². The van der Waals surface area contributed by atoms with Crippen LogP contribution >= 0.6 is 0 Å². The van der Waals surface area contributed by atoms with Crippen LogP contribution in [0.4, 0.5) is 5.69 Å². The van der Waals surface area contributed by atoms with E-state index < -0.39 is 0 Å². The molecule has 0 saturated carbocycles. The van der Waals surface area contributed by atoms with Crippen molar-refractivity contribution in [3.63, 3.8) is 0 Å². The van der Waals surface area contributed by atoms with Gasteiger partial charge in [-0.1, -0.05) is 19.1 Å². The Hall–Kier alpha value is -1.02. The summed E-state index contributed by atoms with van der Waals surface area (Å²) in [4.78, 5) is 5.02. The highest BCUT2D eigenvalue weighted by atomic mass is 15.2. The quantitative estimate of drug-likeness (QED) is 0.749. The molecule has 1 aromatic carbocycles. The minimum atomic E-state index is 0.853. The van der Waals surface area contributed by atoms with Gasteiger partial charge in [-0.15, -0.1) is 0 Å². The van der Waals surface area contributed by atoms with Gasteiger partial charge in [-0.2, -0.15) is 0 Å². The first kappa shape index (κ1) is 12.0. The minimum Gasteiger partial charge on any atom is -0.369 e. The van der Waals surface area contributed by atoms with Gasteiger partial charge in [0.25, 0.3) is 0 Å². The van der Waals surface area contributed by atoms with E-state index in [0.717, 1.165) is 5.92 Å². The van der Waals surface area contributed by atoms with Gasteiger partial charge in [-0.25, -0.2) is 0 Å². The molecule has 0 bridgehead atoms. The first-order valence-electron chi connectivity index (χ1n) is 7.28. The molecule has 18 heavy (non-hydrogen) atoms. The number of rotatable bonds is 1. The number of nitrogens with zero attached hydrogens (tertiary/aromatic N) is 2. The molecule has 1 unspecified atom stereocenters. The van der Waals surface area contributed by atoms with Crippen LogP contribution in [0.15, 0.2) is 18.2 Å². The van der Waals surface area contributed by atoms with Crippen LogP contribution in [0.5, 0.6) is 0 Å². The summed E-state index contributed by atoms with van der Waals surface area (Å²) in [5.74, 6) is 0.853. The van der Waals surface area contributed by atoms with Crippen molar-refractivity contribution in [1.29, 1.82) is 0 Å². The average molecular weight is 244 g/mol. The normalized spacial score (nSPS) is 25.0. The van der Waals surface area contributed by atoms with Crippen LogP contribution in [0.3, 0.4) is 0 Å². The number of benzene rings is 1. The lowest BCUT2D eigenvalue weighted by molar-refractivity contribution is 0.312. The molecule has 3 rings (SSSR count). The largest absolute Gasteiger partial charge is 0.369 e. The third-order valence-electron chi connectivity index (χ3n) is 4.55. The van der Waals surface area contributed by atoms with Crippen LogP contribution in [0.1, 0.15) is 24.5 Å². The van der Waals surface area contributed by atoms with Crippen molar-refractivity contribution in [1.82, 2.24) is 4.90 Å². The Bertz CT molecular complexity index is 419. The Kier molecular flexibility index (Phi) is 3.29. The summed E-state index contributed by atoms with van der Waals surface area (Å²) < 4.78 is 0. The van der Waals surface area contributed by atoms with Gasteiger partial charge in [-0.05, 0) is 49.4 Å². The highest BCUT2D eigenvalue weighted by Crippen LogP contribution is 2.33. The third-order valence-corrected chi connectivity index (χ3v) is 4.55. The van der Waals surface area contributed by atoms with Gasteiger partial charge in [0.15, 0.2) is 0 Å². The van der Waals surface area contributed by atoms with Crippen molar-refractivity contribution in [3.05, 3.63) is 29.3 Å². The van der Waals surface area contributed by atoms with E-state index in [4.69, 9.17) is 0 Å². The number of hydrogen-bond acceptors (Lipinski definition) is 2. The van der Waals surface area contributed by atoms with Crippen molar-refractivity contribution < 1.29 is 0 Å². The first-order valence-corrected chi connectivity index (χ1v) is 7.28. The Balaban J connectivity index is 1.88. The fraction of sp³-hybridized carbons (Fsp3) is 0.625. The highest BCUT2D eigenvalue weighted by Gasteiger charge is 2.22. The molecule has 0 aromatic heterocycles. The van der Waals surface area contributed by atoms with E-state index in [-0.39, 0.29) is 0 Å². The molecule has 98 valence electrons. The molecule has 2 nitrogen and oxygen atoms in total. The molecule has 2 aliphatic rings. The minimum absolute atomic E-state index is 0.853. The summed E-state index contributed by atoms with van der Waals surface area (Å²) in [7, 11) is 2.22. The zero-order chi connectivity index (χ0) is 12.5. The molecule has 1 aliphatic carbocycles. The second-order valence-electron chi connectivity index (χ2n) is 6.05. The van der Waals surface area contributed by atoms with Crippen LogP contribution in [0.2, 0.25) is 0 Å². The summed E-state index contributed by atoms with van der Waals surface area (Å²) in [5, 5.41) is 0. The van der Waals surface area contributed by atoms with E-state index in [1.165, 1.54) is 51.1 Å². The lowest BCUT2D eigenvalue weighted by atomic mass is 9.84. The van der Waals surface area contributed by atoms with E-state index >= 15 is 0 Å². The standard InChI is InChI=1S/C16H24N2/c1-13-6-7-14-4-3-5-16(15(14)12-13)18-10-8-17(2)9-11-18/h3-5,13H,6-12H2,1-2H3. The van der Waals surface area contributed by atoms with Crippen molar-refractivity contribution in [2.75, 3.05) is 38.1 Å². The maximum Gasteiger partial charge on any atom is 0.0402 e. The van der Waals surface area contributed by atoms with Gasteiger partial charge in [0.05, 0.1) is 0 Å². The Morgan fingerprint density at radius 3 is 2.67 bits per heavy atom. The predicted octanol–water partition coefficient (Wildman–Crippen LogP) is 2.56. The molecular formula is C16H24N2. The summed E-state index contributed by atoms with van der Waals surface area (Å²) in [6.45, 7) is 7.14. The lowest BCUT2D eigenvalue weighted by Gasteiger charge is -2.37. The second kappa shape index (κ2) is 4.93. The zero-order valence-corrected chi connectivity index (χ0v) is 11.7. The maximum absolute atomic E-state index is 2.59. The van der Waals surface area contributed by atoms with Crippen LogP contribution in [-0.4, -0.2) is 38.1 Å². The monoisotopic (exact) mass is 244 g/mol. The highest BCUT2D eigenvalue weighted by molar-refractivity contribution is 5.58. The first-order chi connectivity index (χ1) is 8.74. The molecule has 0 amide bonds. The molecule has 1 fully saturated rings. The molecule has 1 atom stereocenters. The van der Waals surface area contributed by atoms with Gasteiger partial charge in [0.1, 0.15) is 0 Å². The molecule has 1 aromatic rings. The van der Waals surface area contributed by atoms with E-state index in [2.05, 4.69) is 42.0 Å². The Labute approximate surface area is 111 Å². The Morgan fingerprint density at radius 2 is 1.89 bits per heavy atom. The lowest BCUT2D eigenvalue weighted by Crippen LogP contribution is -2.45. The van der Waals surface area contributed by atoms with Gasteiger partial charge in [0, 0.05) is 31.9 Å². The molecule has 0 radical (unpaired) electrons. The predicted molar refractivity (Wildman–Crippen MR) is 77.3 cm³/mol. The summed E-state index contributed by atoms with van der Waals surface area (Å²) >= 11 is 0. The van der Waals surface area contributed by atoms with Crippen LogP contribution in [0.25, 0.3) is 0 Å². The van der Waals surface area contributed by atoms with Crippen molar-refractivity contribution in [3.8, 4) is 0 Å². The number of aryl methyl sites for hydroxylation is 1. The number of fused-ring (bicyclic) bond motifs is 1. The fourth-order valence-corrected chi connectivity index (χ4v) is 3.29. The molecule has 0 N–H and O–H groups in total. The molecule has 1 aliphatic heterocycles. The van der Waals surface area contributed by atoms with Gasteiger partial charge < -0.3 is 9.80 Å². The number of anilines is 1. The van der Waals surface area contributed by atoms with E-state index in [0.29, 0.717) is 0 Å². The molecule has 1 heterocycles. The smallest absolute Gasteiger partial charge is 0.0402 e. The van der Waals surface area contributed by atoms with Gasteiger partial charge in [0.2, 0.25) is 0 Å². The molecular weight excluding hydrogens is 220 g/mol. The van der Waals surface area contributed by atoms with Crippen molar-refractivity contribution in [2.24, 2.45) is 5.92 Å². The van der Waals surface area contributed by atoms with E-state index in [1.807, 2.05) is 0 Å². The summed E-state index contributed by atoms with van der Waals surface area (Å²) in [6, 6.07) is 6.92. The molecule has 2 heteroatoms. The molecule has 0 spiro atoms.